The van der Waals surface area contributed by atoms with E-state index < -0.39 is 35.7 Å². The molecule has 84 heavy (non-hydrogen) atoms. The lowest BCUT2D eigenvalue weighted by molar-refractivity contribution is -0.161. The van der Waals surface area contributed by atoms with Crippen LogP contribution >= 0.6 is 0 Å². The Balaban J connectivity index is -0.000000736. The first-order valence-electron chi connectivity index (χ1n) is 34.2. The van der Waals surface area contributed by atoms with E-state index >= 15 is 0 Å². The standard InChI is InChI=1S/C38H65NO10.C14H28O2.C11H22O2.C4H10.C2H6/c1-5-9-11-13-15-19-24-45-34(41)26-39(27-35(42)46-25-20-16-14-12-10-6-2)28-36(43)49-30-32-22-18-17-21-31(29-48-33(40)8-4)37(32)38(44)47-23-7-3;1-4-6-7-8-9-10-11-16-14(15)12-13(3)5-2;1-3-5-6-7-8-9-10-13-11(12)4-2;1-3-4-2;1-2/h17-18,31-32,37H,5-16,19-30H2,1-4H3;13H,4-12H2,1-3H3;3-10H2,1-2H3;3-4H2,1-2H3;1-2H3. The van der Waals surface area contributed by atoms with E-state index in [2.05, 4.69) is 55.4 Å². The molecule has 0 saturated heterocycles. The van der Waals surface area contributed by atoms with Gasteiger partial charge in [0.05, 0.1) is 71.8 Å². The van der Waals surface area contributed by atoms with Crippen molar-refractivity contribution < 1.29 is 66.7 Å². The first-order chi connectivity index (χ1) is 40.7. The Kier molecular flexibility index (Phi) is 70.1. The predicted octanol–water partition coefficient (Wildman–Crippen LogP) is 17.2. The average Bonchev–Trinajstić information content (AvgIpc) is 3.97. The molecule has 4 unspecified atom stereocenters. The van der Waals surface area contributed by atoms with Crippen molar-refractivity contribution in [1.82, 2.24) is 4.90 Å². The number of esters is 7. The highest BCUT2D eigenvalue weighted by Gasteiger charge is 2.38. The van der Waals surface area contributed by atoms with E-state index in [0.29, 0.717) is 51.2 Å². The fourth-order valence-corrected chi connectivity index (χ4v) is 8.47. The molecule has 0 heterocycles. The Bertz CT molecular complexity index is 1520. The maximum absolute atomic E-state index is 13.2. The maximum atomic E-state index is 13.2. The predicted molar refractivity (Wildman–Crippen MR) is 342 cm³/mol. The highest BCUT2D eigenvalue weighted by atomic mass is 16.6. The first-order valence-corrected chi connectivity index (χ1v) is 34.2. The summed E-state index contributed by atoms with van der Waals surface area (Å²) >= 11 is 0. The molecule has 0 aliphatic heterocycles. The van der Waals surface area contributed by atoms with Crippen molar-refractivity contribution >= 4 is 41.8 Å². The van der Waals surface area contributed by atoms with Crippen LogP contribution in [0.1, 0.15) is 302 Å². The highest BCUT2D eigenvalue weighted by molar-refractivity contribution is 5.78. The van der Waals surface area contributed by atoms with Crippen molar-refractivity contribution in [3.63, 3.8) is 0 Å². The fourth-order valence-electron chi connectivity index (χ4n) is 8.47. The number of hydrogen-bond donors (Lipinski definition) is 0. The highest BCUT2D eigenvalue weighted by Crippen LogP contribution is 2.33. The van der Waals surface area contributed by atoms with Crippen LogP contribution in [-0.2, 0) is 66.7 Å². The molecule has 1 aliphatic rings. The number of ether oxygens (including phenoxy) is 7. The molecule has 4 atom stereocenters. The summed E-state index contributed by atoms with van der Waals surface area (Å²) in [5.41, 5.74) is 0. The quantitative estimate of drug-likeness (QED) is 0.0242. The zero-order valence-corrected chi connectivity index (χ0v) is 56.5. The number of carbonyl (C=O) groups excluding carboxylic acids is 7. The Morgan fingerprint density at radius 2 is 0.679 bits per heavy atom. The van der Waals surface area contributed by atoms with E-state index in [1.54, 1.807) is 6.92 Å². The minimum atomic E-state index is -0.649. The van der Waals surface area contributed by atoms with Crippen molar-refractivity contribution in [2.24, 2.45) is 23.7 Å². The Morgan fingerprint density at radius 3 is 1.01 bits per heavy atom. The first kappa shape index (κ1) is 86.4. The molecule has 0 fully saturated rings. The third-order valence-corrected chi connectivity index (χ3v) is 14.1. The van der Waals surface area contributed by atoms with Gasteiger partial charge in [-0.3, -0.25) is 38.5 Å². The van der Waals surface area contributed by atoms with Gasteiger partial charge in [0.2, 0.25) is 0 Å². The lowest BCUT2D eigenvalue weighted by Crippen LogP contribution is -2.41. The summed E-state index contributed by atoms with van der Waals surface area (Å²) < 4.78 is 37.5. The van der Waals surface area contributed by atoms with Gasteiger partial charge in [0.15, 0.2) is 0 Å². The van der Waals surface area contributed by atoms with Crippen LogP contribution < -0.4 is 0 Å². The van der Waals surface area contributed by atoms with E-state index in [-0.39, 0.29) is 82.9 Å². The van der Waals surface area contributed by atoms with E-state index in [1.165, 1.54) is 94.8 Å². The second-order valence-electron chi connectivity index (χ2n) is 22.0. The minimum absolute atomic E-state index is 0.0251. The molecule has 0 aromatic carbocycles. The molecule has 0 saturated carbocycles. The van der Waals surface area contributed by atoms with Crippen LogP contribution in [0.25, 0.3) is 0 Å². The summed E-state index contributed by atoms with van der Waals surface area (Å²) in [6.07, 6.45) is 38.0. The third kappa shape index (κ3) is 59.7. The molecule has 15 heteroatoms. The van der Waals surface area contributed by atoms with Gasteiger partial charge in [-0.1, -0.05) is 250 Å². The van der Waals surface area contributed by atoms with Crippen molar-refractivity contribution in [3.8, 4) is 0 Å². The summed E-state index contributed by atoms with van der Waals surface area (Å²) in [7, 11) is 0. The number of carbonyl (C=O) groups is 7. The van der Waals surface area contributed by atoms with Gasteiger partial charge in [0.25, 0.3) is 0 Å². The number of hydrogen-bond acceptors (Lipinski definition) is 15. The molecule has 0 aromatic heterocycles. The molecular weight excluding hydrogens is 1070 g/mol. The smallest absolute Gasteiger partial charge is 0.320 e. The molecule has 0 spiro atoms. The van der Waals surface area contributed by atoms with E-state index in [4.69, 9.17) is 33.2 Å². The van der Waals surface area contributed by atoms with Crippen LogP contribution in [0.15, 0.2) is 12.2 Å². The molecule has 0 N–H and O–H groups in total. The summed E-state index contributed by atoms with van der Waals surface area (Å²) in [6.45, 7) is 27.9. The van der Waals surface area contributed by atoms with E-state index in [9.17, 15) is 33.6 Å². The number of allylic oxidation sites excluding steroid dienone is 2. The normalized spacial score (nSPS) is 14.4. The fraction of sp³-hybridized carbons (Fsp3) is 0.870. The van der Waals surface area contributed by atoms with Crippen LogP contribution in [0.5, 0.6) is 0 Å². The maximum Gasteiger partial charge on any atom is 0.320 e. The summed E-state index contributed by atoms with van der Waals surface area (Å²) in [6, 6.07) is 0. The van der Waals surface area contributed by atoms with Gasteiger partial charge in [0, 0.05) is 31.1 Å². The summed E-state index contributed by atoms with van der Waals surface area (Å²) in [5.74, 6) is -3.49. The van der Waals surface area contributed by atoms with Crippen LogP contribution in [-0.4, -0.2) is 113 Å². The third-order valence-electron chi connectivity index (χ3n) is 14.1. The zero-order valence-electron chi connectivity index (χ0n) is 56.5. The second kappa shape index (κ2) is 68.1. The zero-order chi connectivity index (χ0) is 63.7. The molecular formula is C69H131NO14. The van der Waals surface area contributed by atoms with Crippen molar-refractivity contribution in [1.29, 1.82) is 0 Å². The molecule has 0 bridgehead atoms. The van der Waals surface area contributed by atoms with Gasteiger partial charge in [-0.05, 0) is 50.9 Å². The second-order valence-corrected chi connectivity index (χ2v) is 22.0. The Labute approximate surface area is 515 Å². The SMILES string of the molecule is CC.CCCC.CCCCCCCCOC(=O)CC.CCCCCCCCOC(=O)CC(C)CC.CCCCCCCCOC(=O)CN(CC(=O)OCCCCCCCC)CC(=O)OCC1CC=CCC(COC(=O)CC)C1C(=O)OCCC. The van der Waals surface area contributed by atoms with Gasteiger partial charge in [-0.25, -0.2) is 0 Å². The van der Waals surface area contributed by atoms with Crippen molar-refractivity contribution in [2.45, 2.75) is 302 Å². The summed E-state index contributed by atoms with van der Waals surface area (Å²) in [5, 5.41) is 0. The molecule has 0 amide bonds. The number of nitrogens with zero attached hydrogens (tertiary/aromatic N) is 1. The van der Waals surface area contributed by atoms with Crippen LogP contribution in [0.2, 0.25) is 0 Å². The molecule has 1 rings (SSSR count). The minimum Gasteiger partial charge on any atom is -0.466 e. The van der Waals surface area contributed by atoms with Crippen LogP contribution in [0, 0.1) is 23.7 Å². The van der Waals surface area contributed by atoms with Gasteiger partial charge in [0.1, 0.15) is 0 Å². The molecule has 0 aromatic rings. The van der Waals surface area contributed by atoms with Gasteiger partial charge in [-0.15, -0.1) is 0 Å². The molecule has 1 aliphatic carbocycles. The van der Waals surface area contributed by atoms with Gasteiger partial charge < -0.3 is 33.2 Å². The van der Waals surface area contributed by atoms with E-state index in [1.807, 2.05) is 39.8 Å². The largest absolute Gasteiger partial charge is 0.466 e. The van der Waals surface area contributed by atoms with Crippen molar-refractivity contribution in [3.05, 3.63) is 12.2 Å². The number of rotatable bonds is 47. The van der Waals surface area contributed by atoms with E-state index in [0.717, 1.165) is 83.5 Å². The average molecular weight is 1200 g/mol. The molecule has 496 valence electrons. The van der Waals surface area contributed by atoms with Crippen LogP contribution in [0.3, 0.4) is 0 Å². The van der Waals surface area contributed by atoms with Gasteiger partial charge in [-0.2, -0.15) is 0 Å². The summed E-state index contributed by atoms with van der Waals surface area (Å²) in [4.78, 5) is 87.0. The Morgan fingerprint density at radius 1 is 0.369 bits per heavy atom. The lowest BCUT2D eigenvalue weighted by atomic mass is 9.80. The Hall–Kier alpha value is -4.01. The lowest BCUT2D eigenvalue weighted by Gasteiger charge is -2.29. The van der Waals surface area contributed by atoms with Gasteiger partial charge >= 0.3 is 41.8 Å². The topological polar surface area (TPSA) is 187 Å². The van der Waals surface area contributed by atoms with Crippen LogP contribution in [0.4, 0.5) is 0 Å². The number of unbranched alkanes of at least 4 members (excludes halogenated alkanes) is 21. The molecule has 15 nitrogen and oxygen atoms in total. The van der Waals surface area contributed by atoms with Crippen molar-refractivity contribution in [2.75, 3.05) is 65.9 Å². The monoisotopic (exact) mass is 1200 g/mol. The molecule has 0 radical (unpaired) electrons.